The Labute approximate surface area is 147 Å². The van der Waals surface area contributed by atoms with Gasteiger partial charge >= 0.3 is 0 Å². The molecule has 7 nitrogen and oxygen atoms in total. The average Bonchev–Trinajstić information content (AvgIpc) is 3.04. The maximum atomic E-state index is 12.2. The molecular formula is C16H27N5O2S. The van der Waals surface area contributed by atoms with Crippen LogP contribution in [0.5, 0.6) is 0 Å². The van der Waals surface area contributed by atoms with Gasteiger partial charge in [0.25, 0.3) is 5.91 Å². The van der Waals surface area contributed by atoms with E-state index in [1.54, 1.807) is 5.38 Å². The summed E-state index contributed by atoms with van der Waals surface area (Å²) in [5.41, 5.74) is 5.98. The van der Waals surface area contributed by atoms with Gasteiger partial charge in [-0.25, -0.2) is 4.98 Å². The van der Waals surface area contributed by atoms with Crippen LogP contribution in [0.15, 0.2) is 5.38 Å². The molecule has 4 N–H and O–H groups in total. The molecule has 1 aromatic heterocycles. The van der Waals surface area contributed by atoms with E-state index >= 15 is 0 Å². The first-order valence-corrected chi connectivity index (χ1v) is 9.44. The minimum absolute atomic E-state index is 0.0780. The molecule has 2 rings (SSSR count). The lowest BCUT2D eigenvalue weighted by Crippen LogP contribution is -2.47. The number of thiazole rings is 1. The van der Waals surface area contributed by atoms with E-state index in [2.05, 4.69) is 20.5 Å². The number of likely N-dealkylation sites (tertiary alicyclic amines) is 1. The van der Waals surface area contributed by atoms with Gasteiger partial charge in [-0.1, -0.05) is 6.92 Å². The third kappa shape index (κ3) is 5.85. The van der Waals surface area contributed by atoms with Crippen LogP contribution in [-0.4, -0.2) is 60.5 Å². The Kier molecular flexibility index (Phi) is 7.61. The fourth-order valence-corrected chi connectivity index (χ4v) is 3.47. The first kappa shape index (κ1) is 18.8. The molecule has 0 unspecified atom stereocenters. The van der Waals surface area contributed by atoms with Crippen LogP contribution in [0.2, 0.25) is 0 Å². The second-order valence-corrected chi connectivity index (χ2v) is 6.98. The number of piperidine rings is 1. The number of amides is 2. The lowest BCUT2D eigenvalue weighted by atomic mass is 10.0. The minimum atomic E-state index is -0.117. The van der Waals surface area contributed by atoms with Gasteiger partial charge in [0, 0.05) is 37.5 Å². The van der Waals surface area contributed by atoms with Gasteiger partial charge in [0.2, 0.25) is 5.91 Å². The van der Waals surface area contributed by atoms with Crippen molar-refractivity contribution in [2.24, 2.45) is 5.73 Å². The molecule has 0 radical (unpaired) electrons. The Morgan fingerprint density at radius 1 is 1.42 bits per heavy atom. The zero-order valence-electron chi connectivity index (χ0n) is 14.2. The van der Waals surface area contributed by atoms with Crippen LogP contribution in [0.4, 0.5) is 0 Å². The molecule has 2 amide bonds. The average molecular weight is 353 g/mol. The van der Waals surface area contributed by atoms with Gasteiger partial charge in [0.05, 0.1) is 11.6 Å². The van der Waals surface area contributed by atoms with Crippen molar-refractivity contribution in [2.45, 2.75) is 38.6 Å². The molecule has 24 heavy (non-hydrogen) atoms. The summed E-state index contributed by atoms with van der Waals surface area (Å²) in [7, 11) is 0. The Morgan fingerprint density at radius 2 is 2.17 bits per heavy atom. The van der Waals surface area contributed by atoms with Crippen molar-refractivity contribution in [1.29, 1.82) is 0 Å². The quantitative estimate of drug-likeness (QED) is 0.627. The van der Waals surface area contributed by atoms with Gasteiger partial charge in [0.15, 0.2) is 0 Å². The molecule has 8 heteroatoms. The number of hydrogen-bond donors (Lipinski definition) is 3. The van der Waals surface area contributed by atoms with Crippen LogP contribution < -0.4 is 16.4 Å². The van der Waals surface area contributed by atoms with Crippen molar-refractivity contribution < 1.29 is 9.59 Å². The van der Waals surface area contributed by atoms with Crippen LogP contribution in [0, 0.1) is 0 Å². The standard InChI is InChI=1S/C16H27N5O2S/c1-2-7-18-14(22)10-21-8-4-12(5-9-21)19-16(23)13-11-24-15(20-13)3-6-17/h11-12H,2-10,17H2,1H3,(H,18,22)(H,19,23). The Balaban J connectivity index is 1.72. The van der Waals surface area contributed by atoms with E-state index in [1.165, 1.54) is 11.3 Å². The number of nitrogens with one attached hydrogen (secondary N) is 2. The molecule has 0 aromatic carbocycles. The van der Waals surface area contributed by atoms with Crippen LogP contribution in [0.25, 0.3) is 0 Å². The highest BCUT2D eigenvalue weighted by molar-refractivity contribution is 7.09. The number of nitrogens with two attached hydrogens (primary N) is 1. The van der Waals surface area contributed by atoms with E-state index in [0.717, 1.165) is 43.9 Å². The van der Waals surface area contributed by atoms with Gasteiger partial charge in [-0.3, -0.25) is 14.5 Å². The molecular weight excluding hydrogens is 326 g/mol. The lowest BCUT2D eigenvalue weighted by molar-refractivity contribution is -0.122. The van der Waals surface area contributed by atoms with E-state index in [0.29, 0.717) is 25.2 Å². The molecule has 1 fully saturated rings. The molecule has 1 aliphatic heterocycles. The van der Waals surface area contributed by atoms with Gasteiger partial charge < -0.3 is 16.4 Å². The van der Waals surface area contributed by atoms with Crippen molar-refractivity contribution >= 4 is 23.2 Å². The summed E-state index contributed by atoms with van der Waals surface area (Å²) in [6, 6.07) is 0.145. The zero-order chi connectivity index (χ0) is 17.4. The second-order valence-electron chi connectivity index (χ2n) is 6.04. The summed E-state index contributed by atoms with van der Waals surface area (Å²) in [5, 5.41) is 8.62. The number of rotatable bonds is 8. The Hall–Kier alpha value is -1.51. The SMILES string of the molecule is CCCNC(=O)CN1CCC(NC(=O)c2csc(CCN)n2)CC1. The fraction of sp³-hybridized carbons (Fsp3) is 0.688. The lowest BCUT2D eigenvalue weighted by Gasteiger charge is -2.31. The predicted octanol–water partition coefficient (Wildman–Crippen LogP) is 0.365. The molecule has 0 spiro atoms. The number of aromatic nitrogens is 1. The third-order valence-electron chi connectivity index (χ3n) is 4.00. The van der Waals surface area contributed by atoms with Crippen molar-refractivity contribution in [3.8, 4) is 0 Å². The summed E-state index contributed by atoms with van der Waals surface area (Å²) in [4.78, 5) is 30.4. The van der Waals surface area contributed by atoms with Gasteiger partial charge in [-0.05, 0) is 25.8 Å². The van der Waals surface area contributed by atoms with Crippen LogP contribution in [0.3, 0.4) is 0 Å². The summed E-state index contributed by atoms with van der Waals surface area (Å²) in [5.74, 6) is -0.0390. The van der Waals surface area contributed by atoms with Gasteiger partial charge in [-0.2, -0.15) is 0 Å². The van der Waals surface area contributed by atoms with E-state index in [9.17, 15) is 9.59 Å². The first-order chi connectivity index (χ1) is 11.6. The molecule has 2 heterocycles. The van der Waals surface area contributed by atoms with Crippen LogP contribution in [0.1, 0.15) is 41.7 Å². The maximum Gasteiger partial charge on any atom is 0.270 e. The summed E-state index contributed by atoms with van der Waals surface area (Å²) in [6.45, 7) is 5.38. The highest BCUT2D eigenvalue weighted by Crippen LogP contribution is 2.13. The predicted molar refractivity (Wildman–Crippen MR) is 95.1 cm³/mol. The van der Waals surface area contributed by atoms with Crippen molar-refractivity contribution in [3.63, 3.8) is 0 Å². The smallest absolute Gasteiger partial charge is 0.270 e. The molecule has 1 saturated heterocycles. The Morgan fingerprint density at radius 3 is 2.83 bits per heavy atom. The number of hydrogen-bond acceptors (Lipinski definition) is 6. The second kappa shape index (κ2) is 9.71. The van der Waals surface area contributed by atoms with Crippen LogP contribution >= 0.6 is 11.3 Å². The zero-order valence-corrected chi connectivity index (χ0v) is 15.0. The maximum absolute atomic E-state index is 12.2. The topological polar surface area (TPSA) is 100 Å². The van der Waals surface area contributed by atoms with E-state index in [-0.39, 0.29) is 17.9 Å². The normalized spacial score (nSPS) is 16.1. The summed E-state index contributed by atoms with van der Waals surface area (Å²) >= 11 is 1.47. The highest BCUT2D eigenvalue weighted by Gasteiger charge is 2.23. The van der Waals surface area contributed by atoms with Crippen molar-refractivity contribution in [2.75, 3.05) is 32.7 Å². The molecule has 1 aromatic rings. The van der Waals surface area contributed by atoms with Crippen molar-refractivity contribution in [3.05, 3.63) is 16.1 Å². The largest absolute Gasteiger partial charge is 0.355 e. The number of carbonyl (C=O) groups excluding carboxylic acids is 2. The molecule has 0 aliphatic carbocycles. The van der Waals surface area contributed by atoms with E-state index in [4.69, 9.17) is 5.73 Å². The van der Waals surface area contributed by atoms with Gasteiger partial charge in [0.1, 0.15) is 5.69 Å². The molecule has 0 bridgehead atoms. The fourth-order valence-electron chi connectivity index (χ4n) is 2.67. The van der Waals surface area contributed by atoms with E-state index < -0.39 is 0 Å². The molecule has 134 valence electrons. The molecule has 0 saturated carbocycles. The first-order valence-electron chi connectivity index (χ1n) is 8.56. The third-order valence-corrected chi connectivity index (χ3v) is 4.91. The Bertz CT molecular complexity index is 540. The van der Waals surface area contributed by atoms with Crippen molar-refractivity contribution in [1.82, 2.24) is 20.5 Å². The summed E-state index contributed by atoms with van der Waals surface area (Å²) in [6.07, 6.45) is 3.36. The molecule has 0 atom stereocenters. The summed E-state index contributed by atoms with van der Waals surface area (Å²) < 4.78 is 0. The number of nitrogens with zero attached hydrogens (tertiary/aromatic N) is 2. The number of carbonyl (C=O) groups is 2. The minimum Gasteiger partial charge on any atom is -0.355 e. The van der Waals surface area contributed by atoms with Gasteiger partial charge in [-0.15, -0.1) is 11.3 Å². The highest BCUT2D eigenvalue weighted by atomic mass is 32.1. The van der Waals surface area contributed by atoms with Crippen LogP contribution in [-0.2, 0) is 11.2 Å². The monoisotopic (exact) mass is 353 g/mol. The molecule has 1 aliphatic rings. The van der Waals surface area contributed by atoms with E-state index in [1.807, 2.05) is 6.92 Å².